The summed E-state index contributed by atoms with van der Waals surface area (Å²) in [5.74, 6) is -0.488. The SMILES string of the molecule is COc1ccc(S(=O)(=O)C(Cc2ccc3nccc(C)c3c2)C(=O)NO)cc1. The van der Waals surface area contributed by atoms with Gasteiger partial charge in [0.2, 0.25) is 0 Å². The van der Waals surface area contributed by atoms with E-state index in [0.29, 0.717) is 11.3 Å². The maximum atomic E-state index is 13.0. The molecular formula is C20H20N2O5S. The Morgan fingerprint density at radius 3 is 2.54 bits per heavy atom. The molecule has 0 aliphatic heterocycles. The van der Waals surface area contributed by atoms with Crippen molar-refractivity contribution < 1.29 is 23.2 Å². The third-order valence-corrected chi connectivity index (χ3v) is 6.67. The molecule has 146 valence electrons. The number of benzene rings is 2. The first-order valence-electron chi connectivity index (χ1n) is 8.53. The number of carbonyl (C=O) groups excluding carboxylic acids is 1. The van der Waals surface area contributed by atoms with Crippen molar-refractivity contribution in [2.75, 3.05) is 7.11 Å². The molecule has 0 radical (unpaired) electrons. The fourth-order valence-electron chi connectivity index (χ4n) is 3.02. The molecule has 0 saturated heterocycles. The Hall–Kier alpha value is -2.97. The van der Waals surface area contributed by atoms with Gasteiger partial charge in [0.1, 0.15) is 5.75 Å². The average Bonchev–Trinajstić information content (AvgIpc) is 2.72. The Bertz CT molecular complexity index is 1110. The molecule has 0 aliphatic carbocycles. The zero-order chi connectivity index (χ0) is 20.3. The number of sulfone groups is 1. The van der Waals surface area contributed by atoms with E-state index in [2.05, 4.69) is 4.98 Å². The predicted molar refractivity (Wildman–Crippen MR) is 104 cm³/mol. The number of hydrogen-bond acceptors (Lipinski definition) is 6. The summed E-state index contributed by atoms with van der Waals surface area (Å²) in [5.41, 5.74) is 3.90. The van der Waals surface area contributed by atoms with Gasteiger partial charge >= 0.3 is 0 Å². The fourth-order valence-corrected chi connectivity index (χ4v) is 4.61. The first-order chi connectivity index (χ1) is 13.4. The van der Waals surface area contributed by atoms with Gasteiger partial charge < -0.3 is 4.74 Å². The molecule has 1 atom stereocenters. The second kappa shape index (κ2) is 7.95. The molecule has 0 spiro atoms. The number of aryl methyl sites for hydroxylation is 1. The van der Waals surface area contributed by atoms with Gasteiger partial charge in [-0.05, 0) is 66.9 Å². The van der Waals surface area contributed by atoms with Gasteiger partial charge in [-0.25, -0.2) is 13.9 Å². The molecule has 0 fully saturated rings. The van der Waals surface area contributed by atoms with Crippen molar-refractivity contribution in [2.24, 2.45) is 0 Å². The van der Waals surface area contributed by atoms with Crippen LogP contribution in [0.2, 0.25) is 0 Å². The summed E-state index contributed by atoms with van der Waals surface area (Å²) in [5, 5.41) is 8.49. The smallest absolute Gasteiger partial charge is 0.262 e. The Morgan fingerprint density at radius 2 is 1.89 bits per heavy atom. The molecule has 7 nitrogen and oxygen atoms in total. The first-order valence-corrected chi connectivity index (χ1v) is 10.1. The van der Waals surface area contributed by atoms with Crippen LogP contribution in [0.3, 0.4) is 0 Å². The zero-order valence-corrected chi connectivity index (χ0v) is 16.2. The van der Waals surface area contributed by atoms with E-state index in [1.165, 1.54) is 36.9 Å². The van der Waals surface area contributed by atoms with Crippen LogP contribution in [-0.4, -0.2) is 36.9 Å². The number of rotatable bonds is 6. The molecule has 3 rings (SSSR count). The second-order valence-corrected chi connectivity index (χ2v) is 8.50. The standard InChI is InChI=1S/C20H20N2O5S/c1-13-9-10-21-18-8-3-14(11-17(13)18)12-19(20(23)22-24)28(25,26)16-6-4-15(27-2)5-7-16/h3-11,19,24H,12H2,1-2H3,(H,22,23). The summed E-state index contributed by atoms with van der Waals surface area (Å²) in [6.45, 7) is 1.93. The van der Waals surface area contributed by atoms with Crippen molar-refractivity contribution in [1.29, 1.82) is 0 Å². The summed E-state index contributed by atoms with van der Waals surface area (Å²) in [7, 11) is -2.57. The monoisotopic (exact) mass is 400 g/mol. The number of ether oxygens (including phenoxy) is 1. The van der Waals surface area contributed by atoms with Crippen LogP contribution in [0.15, 0.2) is 59.6 Å². The van der Waals surface area contributed by atoms with E-state index in [9.17, 15) is 13.2 Å². The zero-order valence-electron chi connectivity index (χ0n) is 15.4. The van der Waals surface area contributed by atoms with Crippen LogP contribution in [0.25, 0.3) is 10.9 Å². The van der Waals surface area contributed by atoms with Crippen LogP contribution in [0.5, 0.6) is 5.75 Å². The highest BCUT2D eigenvalue weighted by Crippen LogP contribution is 2.24. The van der Waals surface area contributed by atoms with Crippen molar-refractivity contribution >= 4 is 26.6 Å². The van der Waals surface area contributed by atoms with Gasteiger partial charge in [0.25, 0.3) is 5.91 Å². The number of aromatic nitrogens is 1. The number of fused-ring (bicyclic) bond motifs is 1. The lowest BCUT2D eigenvalue weighted by atomic mass is 10.0. The van der Waals surface area contributed by atoms with Gasteiger partial charge in [0.15, 0.2) is 15.1 Å². The van der Waals surface area contributed by atoms with Crippen LogP contribution in [0.1, 0.15) is 11.1 Å². The maximum Gasteiger partial charge on any atom is 0.262 e. The predicted octanol–water partition coefficient (Wildman–Crippen LogP) is 2.44. The normalized spacial score (nSPS) is 12.5. The van der Waals surface area contributed by atoms with Crippen molar-refractivity contribution in [3.05, 3.63) is 65.9 Å². The van der Waals surface area contributed by atoms with Gasteiger partial charge in [-0.3, -0.25) is 15.0 Å². The Labute approximate surface area is 162 Å². The third kappa shape index (κ3) is 3.83. The topological polar surface area (TPSA) is 106 Å². The number of carbonyl (C=O) groups is 1. The molecule has 0 saturated carbocycles. The lowest BCUT2D eigenvalue weighted by Gasteiger charge is -2.17. The molecule has 28 heavy (non-hydrogen) atoms. The lowest BCUT2D eigenvalue weighted by molar-refractivity contribution is -0.128. The fraction of sp³-hybridized carbons (Fsp3) is 0.200. The number of nitrogens with zero attached hydrogens (tertiary/aromatic N) is 1. The van der Waals surface area contributed by atoms with Gasteiger partial charge in [0, 0.05) is 11.6 Å². The minimum absolute atomic E-state index is 0.0273. The average molecular weight is 400 g/mol. The molecule has 1 unspecified atom stereocenters. The van der Waals surface area contributed by atoms with E-state index in [1.54, 1.807) is 18.3 Å². The third-order valence-electron chi connectivity index (χ3n) is 4.61. The maximum absolute atomic E-state index is 13.0. The van der Waals surface area contributed by atoms with Crippen molar-refractivity contribution in [2.45, 2.75) is 23.5 Å². The van der Waals surface area contributed by atoms with Gasteiger partial charge in [-0.2, -0.15) is 0 Å². The number of amides is 1. The molecule has 0 bridgehead atoms. The molecule has 1 amide bonds. The van der Waals surface area contributed by atoms with Crippen LogP contribution in [-0.2, 0) is 21.1 Å². The van der Waals surface area contributed by atoms with E-state index < -0.39 is 21.0 Å². The molecule has 2 aromatic carbocycles. The lowest BCUT2D eigenvalue weighted by Crippen LogP contribution is -2.40. The molecule has 0 aliphatic rings. The van der Waals surface area contributed by atoms with E-state index >= 15 is 0 Å². The molecule has 1 heterocycles. The number of methoxy groups -OCH3 is 1. The Balaban J connectivity index is 2.00. The summed E-state index contributed by atoms with van der Waals surface area (Å²) in [4.78, 5) is 16.5. The van der Waals surface area contributed by atoms with Gasteiger partial charge in [-0.15, -0.1) is 0 Å². The molecule has 3 aromatic rings. The first kappa shape index (κ1) is 19.8. The Kier molecular flexibility index (Phi) is 5.62. The quantitative estimate of drug-likeness (QED) is 0.486. The number of hydrogen-bond donors (Lipinski definition) is 2. The highest BCUT2D eigenvalue weighted by atomic mass is 32.2. The van der Waals surface area contributed by atoms with Crippen molar-refractivity contribution in [1.82, 2.24) is 10.5 Å². The van der Waals surface area contributed by atoms with Crippen LogP contribution in [0.4, 0.5) is 0 Å². The van der Waals surface area contributed by atoms with Crippen LogP contribution >= 0.6 is 0 Å². The minimum Gasteiger partial charge on any atom is -0.497 e. The van der Waals surface area contributed by atoms with Gasteiger partial charge in [0.05, 0.1) is 17.5 Å². The van der Waals surface area contributed by atoms with E-state index in [4.69, 9.17) is 9.94 Å². The van der Waals surface area contributed by atoms with Crippen LogP contribution < -0.4 is 10.2 Å². The summed E-state index contributed by atoms with van der Waals surface area (Å²) in [6, 6.07) is 13.0. The molecule has 2 N–H and O–H groups in total. The minimum atomic E-state index is -4.04. The molecule has 8 heteroatoms. The summed E-state index contributed by atoms with van der Waals surface area (Å²) in [6.07, 6.45) is 1.61. The molecule has 1 aromatic heterocycles. The molecular weight excluding hydrogens is 380 g/mol. The second-order valence-electron chi connectivity index (χ2n) is 6.37. The largest absolute Gasteiger partial charge is 0.497 e. The Morgan fingerprint density at radius 1 is 1.18 bits per heavy atom. The highest BCUT2D eigenvalue weighted by Gasteiger charge is 2.34. The summed E-state index contributed by atoms with van der Waals surface area (Å²) < 4.78 is 31.1. The van der Waals surface area contributed by atoms with Crippen molar-refractivity contribution in [3.63, 3.8) is 0 Å². The van der Waals surface area contributed by atoms with Crippen molar-refractivity contribution in [3.8, 4) is 5.75 Å². The van der Waals surface area contributed by atoms with E-state index in [0.717, 1.165) is 16.5 Å². The van der Waals surface area contributed by atoms with Gasteiger partial charge in [-0.1, -0.05) is 6.07 Å². The van der Waals surface area contributed by atoms with E-state index in [-0.39, 0.29) is 11.3 Å². The van der Waals surface area contributed by atoms with E-state index in [1.807, 2.05) is 19.1 Å². The highest BCUT2D eigenvalue weighted by molar-refractivity contribution is 7.92. The number of hydroxylamine groups is 1. The number of nitrogens with one attached hydrogen (secondary N) is 1. The van der Waals surface area contributed by atoms with Crippen LogP contribution in [0, 0.1) is 6.92 Å². The summed E-state index contributed by atoms with van der Waals surface area (Å²) >= 11 is 0. The number of pyridine rings is 1.